The van der Waals surface area contributed by atoms with Crippen LogP contribution in [0.15, 0.2) is 24.4 Å². The minimum atomic E-state index is -0.841. The first-order valence-electron chi connectivity index (χ1n) is 5.87. The molecule has 0 radical (unpaired) electrons. The number of aryl methyl sites for hydroxylation is 2. The summed E-state index contributed by atoms with van der Waals surface area (Å²) in [5, 5.41) is 10.8. The van der Waals surface area contributed by atoms with E-state index in [0.717, 1.165) is 16.7 Å². The molecule has 0 aliphatic rings. The van der Waals surface area contributed by atoms with Crippen molar-refractivity contribution in [3.8, 4) is 11.3 Å². The fourth-order valence-corrected chi connectivity index (χ4v) is 2.96. The molecule has 0 unspecified atom stereocenters. The standard InChI is InChI=1S/C13H10FN3O2S/c1-7-8(2)20-13-15-11(6-16(7)13)9-3-4-10(14)12(5-9)17(18)19/h3-6H,1-2H3. The summed E-state index contributed by atoms with van der Waals surface area (Å²) in [6.07, 6.45) is 1.81. The number of imidazole rings is 1. The van der Waals surface area contributed by atoms with Gasteiger partial charge in [0.15, 0.2) is 4.96 Å². The van der Waals surface area contributed by atoms with Gasteiger partial charge < -0.3 is 0 Å². The third-order valence-electron chi connectivity index (χ3n) is 3.23. The summed E-state index contributed by atoms with van der Waals surface area (Å²) >= 11 is 1.55. The van der Waals surface area contributed by atoms with Gasteiger partial charge in [0.25, 0.3) is 0 Å². The maximum Gasteiger partial charge on any atom is 0.305 e. The second kappa shape index (κ2) is 4.38. The van der Waals surface area contributed by atoms with Gasteiger partial charge >= 0.3 is 5.69 Å². The Kier molecular flexibility index (Phi) is 2.79. The molecule has 102 valence electrons. The number of nitro benzene ring substituents is 1. The van der Waals surface area contributed by atoms with Crippen LogP contribution in [0.1, 0.15) is 10.6 Å². The Bertz CT molecular complexity index is 838. The van der Waals surface area contributed by atoms with Gasteiger partial charge in [0, 0.05) is 28.4 Å². The molecule has 2 heterocycles. The molecule has 0 saturated heterocycles. The van der Waals surface area contributed by atoms with E-state index in [9.17, 15) is 14.5 Å². The van der Waals surface area contributed by atoms with Crippen LogP contribution >= 0.6 is 11.3 Å². The van der Waals surface area contributed by atoms with Gasteiger partial charge in [-0.25, -0.2) is 4.98 Å². The second-order valence-corrected chi connectivity index (χ2v) is 5.63. The molecule has 0 spiro atoms. The van der Waals surface area contributed by atoms with Crippen molar-refractivity contribution in [1.82, 2.24) is 9.38 Å². The summed E-state index contributed by atoms with van der Waals surface area (Å²) in [4.78, 5) is 16.5. The Balaban J connectivity index is 2.15. The molecule has 0 saturated carbocycles. The number of benzene rings is 1. The highest BCUT2D eigenvalue weighted by Crippen LogP contribution is 2.29. The van der Waals surface area contributed by atoms with E-state index in [2.05, 4.69) is 4.98 Å². The van der Waals surface area contributed by atoms with Crippen molar-refractivity contribution in [1.29, 1.82) is 0 Å². The molecule has 0 N–H and O–H groups in total. The van der Waals surface area contributed by atoms with Crippen LogP contribution in [-0.4, -0.2) is 14.3 Å². The highest BCUT2D eigenvalue weighted by molar-refractivity contribution is 7.17. The largest absolute Gasteiger partial charge is 0.305 e. The first kappa shape index (κ1) is 12.7. The Hall–Kier alpha value is -2.28. The smallest absolute Gasteiger partial charge is 0.294 e. The van der Waals surface area contributed by atoms with E-state index < -0.39 is 16.4 Å². The molecule has 1 aromatic carbocycles. The summed E-state index contributed by atoms with van der Waals surface area (Å²) in [5.74, 6) is -0.841. The van der Waals surface area contributed by atoms with Crippen molar-refractivity contribution in [3.63, 3.8) is 0 Å². The molecule has 7 heteroatoms. The molecule has 0 amide bonds. The topological polar surface area (TPSA) is 60.4 Å². The number of hydrogen-bond acceptors (Lipinski definition) is 4. The van der Waals surface area contributed by atoms with Crippen LogP contribution in [0.2, 0.25) is 0 Å². The van der Waals surface area contributed by atoms with Crippen LogP contribution in [0, 0.1) is 29.8 Å². The Morgan fingerprint density at radius 1 is 1.40 bits per heavy atom. The zero-order valence-electron chi connectivity index (χ0n) is 10.8. The Morgan fingerprint density at radius 3 is 2.80 bits per heavy atom. The first-order valence-corrected chi connectivity index (χ1v) is 6.68. The number of nitro groups is 1. The lowest BCUT2D eigenvalue weighted by Crippen LogP contribution is -1.93. The van der Waals surface area contributed by atoms with Crippen LogP contribution in [0.25, 0.3) is 16.2 Å². The SMILES string of the molecule is Cc1sc2nc(-c3ccc(F)c([N+](=O)[O-])c3)cn2c1C. The summed E-state index contributed by atoms with van der Waals surface area (Å²) in [7, 11) is 0. The van der Waals surface area contributed by atoms with Gasteiger partial charge in [-0.05, 0) is 26.0 Å². The zero-order valence-corrected chi connectivity index (χ0v) is 11.6. The summed E-state index contributed by atoms with van der Waals surface area (Å²) in [6.45, 7) is 3.99. The van der Waals surface area contributed by atoms with E-state index in [4.69, 9.17) is 0 Å². The minimum absolute atomic E-state index is 0.533. The minimum Gasteiger partial charge on any atom is -0.294 e. The molecule has 3 rings (SSSR count). The molecule has 0 bridgehead atoms. The summed E-state index contributed by atoms with van der Waals surface area (Å²) < 4.78 is 15.3. The Labute approximate surface area is 117 Å². The normalized spacial score (nSPS) is 11.2. The fraction of sp³-hybridized carbons (Fsp3) is 0.154. The van der Waals surface area contributed by atoms with Gasteiger partial charge in [0.1, 0.15) is 0 Å². The van der Waals surface area contributed by atoms with Crippen LogP contribution < -0.4 is 0 Å². The Morgan fingerprint density at radius 2 is 2.15 bits per heavy atom. The van der Waals surface area contributed by atoms with E-state index in [0.29, 0.717) is 11.3 Å². The number of nitrogens with zero attached hydrogens (tertiary/aromatic N) is 3. The predicted octanol–water partition coefficient (Wildman–Crippen LogP) is 3.73. The number of thiazole rings is 1. The van der Waals surface area contributed by atoms with E-state index >= 15 is 0 Å². The van der Waals surface area contributed by atoms with E-state index in [-0.39, 0.29) is 0 Å². The maximum atomic E-state index is 13.3. The molecule has 2 aromatic heterocycles. The molecule has 3 aromatic rings. The van der Waals surface area contributed by atoms with Gasteiger partial charge in [-0.2, -0.15) is 4.39 Å². The van der Waals surface area contributed by atoms with Crippen molar-refractivity contribution in [2.24, 2.45) is 0 Å². The van der Waals surface area contributed by atoms with E-state index in [1.807, 2.05) is 24.4 Å². The van der Waals surface area contributed by atoms with Crippen molar-refractivity contribution in [3.05, 3.63) is 50.9 Å². The summed E-state index contributed by atoms with van der Waals surface area (Å²) in [5.41, 5.74) is 1.68. The number of rotatable bonds is 2. The van der Waals surface area contributed by atoms with Crippen LogP contribution in [-0.2, 0) is 0 Å². The lowest BCUT2D eigenvalue weighted by molar-refractivity contribution is -0.387. The molecule has 0 fully saturated rings. The van der Waals surface area contributed by atoms with Gasteiger partial charge in [-0.1, -0.05) is 0 Å². The molecule has 0 atom stereocenters. The molecule has 0 aliphatic heterocycles. The van der Waals surface area contributed by atoms with Gasteiger partial charge in [-0.3, -0.25) is 14.5 Å². The number of aromatic nitrogens is 2. The molecular weight excluding hydrogens is 281 g/mol. The van der Waals surface area contributed by atoms with Gasteiger partial charge in [0.2, 0.25) is 5.82 Å². The molecule has 5 nitrogen and oxygen atoms in total. The third-order valence-corrected chi connectivity index (χ3v) is 4.30. The highest BCUT2D eigenvalue weighted by atomic mass is 32.1. The maximum absolute atomic E-state index is 13.3. The first-order chi connectivity index (χ1) is 9.47. The molecule has 0 aliphatic carbocycles. The second-order valence-electron chi connectivity index (χ2n) is 4.45. The third kappa shape index (κ3) is 1.87. The average Bonchev–Trinajstić information content (AvgIpc) is 2.91. The lowest BCUT2D eigenvalue weighted by Gasteiger charge is -1.98. The number of fused-ring (bicyclic) bond motifs is 1. The fourth-order valence-electron chi connectivity index (χ4n) is 2.01. The monoisotopic (exact) mass is 291 g/mol. The average molecular weight is 291 g/mol. The lowest BCUT2D eigenvalue weighted by atomic mass is 10.1. The summed E-state index contributed by atoms with van der Waals surface area (Å²) in [6, 6.07) is 3.81. The van der Waals surface area contributed by atoms with Gasteiger partial charge in [0.05, 0.1) is 10.6 Å². The van der Waals surface area contributed by atoms with Gasteiger partial charge in [-0.15, -0.1) is 11.3 Å². The van der Waals surface area contributed by atoms with Crippen LogP contribution in [0.3, 0.4) is 0 Å². The van der Waals surface area contributed by atoms with Crippen LogP contribution in [0.5, 0.6) is 0 Å². The predicted molar refractivity (Wildman–Crippen MR) is 74.6 cm³/mol. The quantitative estimate of drug-likeness (QED) is 0.534. The van der Waals surface area contributed by atoms with Crippen molar-refractivity contribution in [2.75, 3.05) is 0 Å². The number of hydrogen-bond donors (Lipinski definition) is 0. The van der Waals surface area contributed by atoms with Crippen molar-refractivity contribution < 1.29 is 9.31 Å². The van der Waals surface area contributed by atoms with Crippen molar-refractivity contribution >= 4 is 22.0 Å². The molecule has 20 heavy (non-hydrogen) atoms. The van der Waals surface area contributed by atoms with E-state index in [1.54, 1.807) is 11.3 Å². The highest BCUT2D eigenvalue weighted by Gasteiger charge is 2.17. The zero-order chi connectivity index (χ0) is 14.4. The molecular formula is C13H10FN3O2S. The van der Waals surface area contributed by atoms with Crippen molar-refractivity contribution in [2.45, 2.75) is 13.8 Å². The van der Waals surface area contributed by atoms with Crippen LogP contribution in [0.4, 0.5) is 10.1 Å². The number of halogens is 1. The van der Waals surface area contributed by atoms with E-state index in [1.165, 1.54) is 17.0 Å².